The summed E-state index contributed by atoms with van der Waals surface area (Å²) in [5.41, 5.74) is 1.25. The maximum atomic E-state index is 9.59. The Hall–Kier alpha value is -1.26. The lowest BCUT2D eigenvalue weighted by atomic mass is 10.1. The summed E-state index contributed by atoms with van der Waals surface area (Å²) in [6, 6.07) is 10.2. The van der Waals surface area contributed by atoms with E-state index in [4.69, 9.17) is 0 Å². The third-order valence-electron chi connectivity index (χ3n) is 2.09. The maximum Gasteiger partial charge on any atom is 0.115 e. The number of benzene rings is 1. The second kappa shape index (κ2) is 6.27. The van der Waals surface area contributed by atoms with Gasteiger partial charge in [-0.1, -0.05) is 56.0 Å². The van der Waals surface area contributed by atoms with E-state index in [0.717, 1.165) is 6.42 Å². The number of hydrogen-bond donors (Lipinski definition) is 1. The second-order valence-corrected chi connectivity index (χ2v) is 3.98. The molecule has 0 aromatic heterocycles. The van der Waals surface area contributed by atoms with Gasteiger partial charge in [0.05, 0.1) is 0 Å². The summed E-state index contributed by atoms with van der Waals surface area (Å²) in [4.78, 5) is 0. The SMILES string of the molecule is CC(C)C#C[C@H](O)CCc1ccccc1. The zero-order chi connectivity index (χ0) is 11.1. The smallest absolute Gasteiger partial charge is 0.115 e. The summed E-state index contributed by atoms with van der Waals surface area (Å²) < 4.78 is 0. The highest BCUT2D eigenvalue weighted by atomic mass is 16.3. The average molecular weight is 202 g/mol. The van der Waals surface area contributed by atoms with Crippen molar-refractivity contribution in [3.8, 4) is 11.8 Å². The number of aryl methyl sites for hydroxylation is 1. The number of aliphatic hydroxyl groups is 1. The molecule has 0 saturated heterocycles. The molecule has 1 aromatic rings. The Labute approximate surface area is 92.1 Å². The van der Waals surface area contributed by atoms with Gasteiger partial charge in [-0.3, -0.25) is 0 Å². The van der Waals surface area contributed by atoms with E-state index >= 15 is 0 Å². The fourth-order valence-corrected chi connectivity index (χ4v) is 1.28. The molecular formula is C14H18O. The van der Waals surface area contributed by atoms with Gasteiger partial charge in [0.15, 0.2) is 0 Å². The lowest BCUT2D eigenvalue weighted by molar-refractivity contribution is 0.222. The second-order valence-electron chi connectivity index (χ2n) is 3.98. The predicted molar refractivity (Wildman–Crippen MR) is 63.4 cm³/mol. The van der Waals surface area contributed by atoms with Crippen molar-refractivity contribution in [3.63, 3.8) is 0 Å². The molecule has 0 unspecified atom stereocenters. The zero-order valence-electron chi connectivity index (χ0n) is 9.40. The molecule has 0 radical (unpaired) electrons. The van der Waals surface area contributed by atoms with Gasteiger partial charge in [0, 0.05) is 5.92 Å². The van der Waals surface area contributed by atoms with Crippen LogP contribution in [-0.4, -0.2) is 11.2 Å². The van der Waals surface area contributed by atoms with Gasteiger partial charge < -0.3 is 5.11 Å². The molecule has 0 amide bonds. The Balaban J connectivity index is 2.36. The van der Waals surface area contributed by atoms with E-state index in [2.05, 4.69) is 24.0 Å². The highest BCUT2D eigenvalue weighted by molar-refractivity contribution is 5.15. The number of hydrogen-bond acceptors (Lipinski definition) is 1. The molecule has 1 N–H and O–H groups in total. The highest BCUT2D eigenvalue weighted by Crippen LogP contribution is 2.04. The predicted octanol–water partition coefficient (Wildman–Crippen LogP) is 2.64. The molecule has 1 atom stereocenters. The summed E-state index contributed by atoms with van der Waals surface area (Å²) in [5, 5.41) is 9.59. The zero-order valence-corrected chi connectivity index (χ0v) is 9.40. The van der Waals surface area contributed by atoms with E-state index in [-0.39, 0.29) is 0 Å². The van der Waals surface area contributed by atoms with Gasteiger partial charge in [-0.2, -0.15) is 0 Å². The average Bonchev–Trinajstić information content (AvgIpc) is 2.25. The van der Waals surface area contributed by atoms with Crippen LogP contribution in [0.2, 0.25) is 0 Å². The van der Waals surface area contributed by atoms with Crippen molar-refractivity contribution in [2.45, 2.75) is 32.8 Å². The first kappa shape index (κ1) is 11.8. The van der Waals surface area contributed by atoms with Crippen LogP contribution in [0.5, 0.6) is 0 Å². The molecule has 1 rings (SSSR count). The molecule has 80 valence electrons. The minimum absolute atomic E-state index is 0.330. The van der Waals surface area contributed by atoms with E-state index < -0.39 is 6.10 Å². The normalized spacial score (nSPS) is 12.0. The first-order valence-electron chi connectivity index (χ1n) is 5.41. The van der Waals surface area contributed by atoms with Gasteiger partial charge >= 0.3 is 0 Å². The third kappa shape index (κ3) is 5.24. The van der Waals surface area contributed by atoms with Crippen LogP contribution in [0.25, 0.3) is 0 Å². The van der Waals surface area contributed by atoms with Crippen molar-refractivity contribution in [3.05, 3.63) is 35.9 Å². The summed E-state index contributed by atoms with van der Waals surface area (Å²) >= 11 is 0. The van der Waals surface area contributed by atoms with Crippen molar-refractivity contribution >= 4 is 0 Å². The van der Waals surface area contributed by atoms with Crippen LogP contribution in [0, 0.1) is 17.8 Å². The highest BCUT2D eigenvalue weighted by Gasteiger charge is 1.99. The van der Waals surface area contributed by atoms with Crippen LogP contribution in [0.4, 0.5) is 0 Å². The van der Waals surface area contributed by atoms with Crippen LogP contribution < -0.4 is 0 Å². The third-order valence-corrected chi connectivity index (χ3v) is 2.09. The van der Waals surface area contributed by atoms with Gasteiger partial charge in [-0.05, 0) is 18.4 Å². The monoisotopic (exact) mass is 202 g/mol. The van der Waals surface area contributed by atoms with E-state index in [0.29, 0.717) is 12.3 Å². The molecule has 0 aliphatic carbocycles. The Morgan fingerprint density at radius 1 is 1.13 bits per heavy atom. The van der Waals surface area contributed by atoms with Crippen LogP contribution >= 0.6 is 0 Å². The fraction of sp³-hybridized carbons (Fsp3) is 0.429. The summed E-state index contributed by atoms with van der Waals surface area (Å²) in [7, 11) is 0. The Bertz CT molecular complexity index is 329. The van der Waals surface area contributed by atoms with E-state index in [1.807, 2.05) is 32.0 Å². The van der Waals surface area contributed by atoms with Crippen LogP contribution in [0.3, 0.4) is 0 Å². The molecule has 0 aliphatic heterocycles. The molecule has 1 aromatic carbocycles. The van der Waals surface area contributed by atoms with Gasteiger partial charge in [-0.15, -0.1) is 0 Å². The lowest BCUT2D eigenvalue weighted by Gasteiger charge is -2.03. The minimum atomic E-state index is -0.493. The maximum absolute atomic E-state index is 9.59. The molecule has 1 heteroatoms. The number of aliphatic hydroxyl groups excluding tert-OH is 1. The standard InChI is InChI=1S/C14H18O/c1-12(2)8-10-14(15)11-9-13-6-4-3-5-7-13/h3-7,12,14-15H,9,11H2,1-2H3/t14-/m0/s1. The summed E-state index contributed by atoms with van der Waals surface area (Å²) in [5.74, 6) is 6.17. The van der Waals surface area contributed by atoms with Crippen LogP contribution in [-0.2, 0) is 6.42 Å². The summed E-state index contributed by atoms with van der Waals surface area (Å²) in [6.07, 6.45) is 1.10. The fourth-order valence-electron chi connectivity index (χ4n) is 1.28. The quantitative estimate of drug-likeness (QED) is 0.747. The lowest BCUT2D eigenvalue weighted by Crippen LogP contribution is -2.05. The van der Waals surface area contributed by atoms with Crippen LogP contribution in [0.15, 0.2) is 30.3 Å². The van der Waals surface area contributed by atoms with E-state index in [1.165, 1.54) is 5.56 Å². The molecule has 0 bridgehead atoms. The first-order chi connectivity index (χ1) is 7.18. The molecule has 0 aliphatic rings. The van der Waals surface area contributed by atoms with Crippen molar-refractivity contribution in [1.29, 1.82) is 0 Å². The molecule has 0 spiro atoms. The Morgan fingerprint density at radius 2 is 1.80 bits per heavy atom. The van der Waals surface area contributed by atoms with Gasteiger partial charge in [-0.25, -0.2) is 0 Å². The number of rotatable bonds is 3. The van der Waals surface area contributed by atoms with Crippen LogP contribution in [0.1, 0.15) is 25.8 Å². The molecule has 0 saturated carbocycles. The Morgan fingerprint density at radius 3 is 2.40 bits per heavy atom. The molecule has 15 heavy (non-hydrogen) atoms. The first-order valence-corrected chi connectivity index (χ1v) is 5.41. The van der Waals surface area contributed by atoms with E-state index in [9.17, 15) is 5.11 Å². The topological polar surface area (TPSA) is 20.2 Å². The van der Waals surface area contributed by atoms with Crippen molar-refractivity contribution in [1.82, 2.24) is 0 Å². The Kier molecular flexibility index (Phi) is 4.93. The summed E-state index contributed by atoms with van der Waals surface area (Å²) in [6.45, 7) is 4.05. The van der Waals surface area contributed by atoms with Crippen molar-refractivity contribution in [2.75, 3.05) is 0 Å². The van der Waals surface area contributed by atoms with Gasteiger partial charge in [0.2, 0.25) is 0 Å². The largest absolute Gasteiger partial charge is 0.380 e. The van der Waals surface area contributed by atoms with Gasteiger partial charge in [0.1, 0.15) is 6.10 Å². The van der Waals surface area contributed by atoms with Gasteiger partial charge in [0.25, 0.3) is 0 Å². The molecule has 1 nitrogen and oxygen atoms in total. The minimum Gasteiger partial charge on any atom is -0.380 e. The van der Waals surface area contributed by atoms with E-state index in [1.54, 1.807) is 0 Å². The molecular weight excluding hydrogens is 184 g/mol. The molecule has 0 fully saturated rings. The van der Waals surface area contributed by atoms with Crippen molar-refractivity contribution < 1.29 is 5.11 Å². The molecule has 0 heterocycles. The van der Waals surface area contributed by atoms with Crippen molar-refractivity contribution in [2.24, 2.45) is 5.92 Å².